The summed E-state index contributed by atoms with van der Waals surface area (Å²) in [5.41, 5.74) is 1.32. The molecular weight excluding hydrogens is 222 g/mol. The van der Waals surface area contributed by atoms with Gasteiger partial charge in [-0.15, -0.1) is 0 Å². The zero-order chi connectivity index (χ0) is 12.8. The summed E-state index contributed by atoms with van der Waals surface area (Å²) in [6.45, 7) is 3.23. The van der Waals surface area contributed by atoms with Gasteiger partial charge in [0.1, 0.15) is 5.75 Å². The van der Waals surface area contributed by atoms with Crippen LogP contribution in [0.1, 0.15) is 38.2 Å². The van der Waals surface area contributed by atoms with Crippen molar-refractivity contribution in [2.75, 3.05) is 13.7 Å². The molecule has 0 radical (unpaired) electrons. The molecule has 1 aliphatic rings. The van der Waals surface area contributed by atoms with Crippen LogP contribution in [0.4, 0.5) is 0 Å². The summed E-state index contributed by atoms with van der Waals surface area (Å²) in [4.78, 5) is 0. The van der Waals surface area contributed by atoms with Crippen LogP contribution in [0.2, 0.25) is 0 Å². The fourth-order valence-corrected chi connectivity index (χ4v) is 2.55. The van der Waals surface area contributed by atoms with Gasteiger partial charge in [0.25, 0.3) is 0 Å². The molecule has 1 N–H and O–H groups in total. The third-order valence-electron chi connectivity index (χ3n) is 3.77. The number of likely N-dealkylation sites (N-methyl/N-ethyl adjacent to an activating group) is 1. The maximum atomic E-state index is 5.43. The van der Waals surface area contributed by atoms with Crippen molar-refractivity contribution in [2.45, 2.75) is 45.1 Å². The second-order valence-electron chi connectivity index (χ2n) is 5.29. The highest BCUT2D eigenvalue weighted by atomic mass is 16.5. The Hall–Kier alpha value is -1.02. The van der Waals surface area contributed by atoms with Crippen LogP contribution in [0.15, 0.2) is 24.3 Å². The van der Waals surface area contributed by atoms with E-state index in [9.17, 15) is 0 Å². The molecule has 2 heteroatoms. The average Bonchev–Trinajstić information content (AvgIpc) is 3.21. The van der Waals surface area contributed by atoms with E-state index < -0.39 is 0 Å². The van der Waals surface area contributed by atoms with Crippen molar-refractivity contribution in [3.05, 3.63) is 29.8 Å². The Morgan fingerprint density at radius 2 is 2.11 bits per heavy atom. The molecule has 1 unspecified atom stereocenters. The van der Waals surface area contributed by atoms with Gasteiger partial charge in [-0.25, -0.2) is 0 Å². The van der Waals surface area contributed by atoms with E-state index in [-0.39, 0.29) is 0 Å². The third kappa shape index (κ3) is 4.02. The Morgan fingerprint density at radius 3 is 2.78 bits per heavy atom. The minimum Gasteiger partial charge on any atom is -0.496 e. The molecule has 100 valence electrons. The van der Waals surface area contributed by atoms with Gasteiger partial charge in [0, 0.05) is 6.04 Å². The summed E-state index contributed by atoms with van der Waals surface area (Å²) in [6.07, 6.45) is 6.65. The number of ether oxygens (including phenoxy) is 1. The number of para-hydroxylation sites is 1. The minimum absolute atomic E-state index is 0.590. The predicted molar refractivity (Wildman–Crippen MR) is 76.1 cm³/mol. The highest BCUT2D eigenvalue weighted by molar-refractivity contribution is 5.33. The van der Waals surface area contributed by atoms with Gasteiger partial charge in [-0.3, -0.25) is 0 Å². The lowest BCUT2D eigenvalue weighted by atomic mass is 9.99. The van der Waals surface area contributed by atoms with Crippen molar-refractivity contribution in [1.82, 2.24) is 5.32 Å². The molecule has 2 nitrogen and oxygen atoms in total. The second-order valence-corrected chi connectivity index (χ2v) is 5.29. The summed E-state index contributed by atoms with van der Waals surface area (Å²) >= 11 is 0. The Balaban J connectivity index is 1.92. The van der Waals surface area contributed by atoms with Gasteiger partial charge >= 0.3 is 0 Å². The number of benzene rings is 1. The smallest absolute Gasteiger partial charge is 0.122 e. The predicted octanol–water partition coefficient (Wildman–Crippen LogP) is 3.41. The Morgan fingerprint density at radius 1 is 1.33 bits per heavy atom. The van der Waals surface area contributed by atoms with Crippen molar-refractivity contribution < 1.29 is 4.74 Å². The second kappa shape index (κ2) is 6.79. The Kier molecular flexibility index (Phi) is 5.06. The van der Waals surface area contributed by atoms with Crippen LogP contribution in [-0.4, -0.2) is 19.7 Å². The first kappa shape index (κ1) is 13.4. The number of methoxy groups -OCH3 is 1. The summed E-state index contributed by atoms with van der Waals surface area (Å²) in [5, 5.41) is 3.61. The first-order chi connectivity index (χ1) is 8.83. The van der Waals surface area contributed by atoms with E-state index in [4.69, 9.17) is 4.74 Å². The van der Waals surface area contributed by atoms with Crippen LogP contribution in [0.3, 0.4) is 0 Å². The molecule has 0 aromatic heterocycles. The first-order valence-corrected chi connectivity index (χ1v) is 7.18. The number of hydrogen-bond donors (Lipinski definition) is 1. The zero-order valence-corrected chi connectivity index (χ0v) is 11.6. The van der Waals surface area contributed by atoms with E-state index in [1.807, 2.05) is 6.07 Å². The lowest BCUT2D eigenvalue weighted by Gasteiger charge is -2.19. The van der Waals surface area contributed by atoms with Gasteiger partial charge in [-0.05, 0) is 43.4 Å². The SMILES string of the molecule is CCNC(CCC1CC1)Cc1ccccc1OC. The highest BCUT2D eigenvalue weighted by Gasteiger charge is 2.22. The fourth-order valence-electron chi connectivity index (χ4n) is 2.55. The molecule has 0 aliphatic heterocycles. The summed E-state index contributed by atoms with van der Waals surface area (Å²) < 4.78 is 5.43. The monoisotopic (exact) mass is 247 g/mol. The van der Waals surface area contributed by atoms with Crippen molar-refractivity contribution in [1.29, 1.82) is 0 Å². The van der Waals surface area contributed by atoms with Crippen molar-refractivity contribution in [3.63, 3.8) is 0 Å². The van der Waals surface area contributed by atoms with Crippen LogP contribution >= 0.6 is 0 Å². The van der Waals surface area contributed by atoms with E-state index in [2.05, 4.69) is 30.4 Å². The molecule has 2 rings (SSSR count). The first-order valence-electron chi connectivity index (χ1n) is 7.18. The lowest BCUT2D eigenvalue weighted by Crippen LogP contribution is -2.31. The van der Waals surface area contributed by atoms with Crippen molar-refractivity contribution in [2.24, 2.45) is 5.92 Å². The molecule has 1 fully saturated rings. The van der Waals surface area contributed by atoms with Crippen molar-refractivity contribution in [3.8, 4) is 5.75 Å². The maximum absolute atomic E-state index is 5.43. The third-order valence-corrected chi connectivity index (χ3v) is 3.77. The number of hydrogen-bond acceptors (Lipinski definition) is 2. The molecule has 0 spiro atoms. The van der Waals surface area contributed by atoms with Crippen LogP contribution in [0, 0.1) is 5.92 Å². The van der Waals surface area contributed by atoms with Gasteiger partial charge in [0.05, 0.1) is 7.11 Å². The van der Waals surface area contributed by atoms with E-state index in [0.717, 1.165) is 24.6 Å². The van der Waals surface area contributed by atoms with Crippen LogP contribution in [0.25, 0.3) is 0 Å². The number of nitrogens with one attached hydrogen (secondary N) is 1. The molecule has 1 aromatic rings. The molecule has 0 bridgehead atoms. The van der Waals surface area contributed by atoms with Gasteiger partial charge in [0.15, 0.2) is 0 Å². The standard InChI is InChI=1S/C16H25NO/c1-3-17-15(11-10-13-8-9-13)12-14-6-4-5-7-16(14)18-2/h4-7,13,15,17H,3,8-12H2,1-2H3. The quantitative estimate of drug-likeness (QED) is 0.760. The molecule has 1 aromatic carbocycles. The molecule has 0 heterocycles. The largest absolute Gasteiger partial charge is 0.496 e. The fraction of sp³-hybridized carbons (Fsp3) is 0.625. The normalized spacial score (nSPS) is 16.6. The molecule has 1 saturated carbocycles. The topological polar surface area (TPSA) is 21.3 Å². The van der Waals surface area contributed by atoms with Gasteiger partial charge in [0.2, 0.25) is 0 Å². The summed E-state index contributed by atoms with van der Waals surface area (Å²) in [5.74, 6) is 2.04. The molecule has 0 saturated heterocycles. The maximum Gasteiger partial charge on any atom is 0.122 e. The number of rotatable bonds is 8. The molecule has 18 heavy (non-hydrogen) atoms. The molecule has 0 amide bonds. The Bertz CT molecular complexity index is 360. The van der Waals surface area contributed by atoms with Crippen molar-refractivity contribution >= 4 is 0 Å². The molecule has 1 aliphatic carbocycles. The van der Waals surface area contributed by atoms with Gasteiger partial charge in [-0.1, -0.05) is 38.0 Å². The van der Waals surface area contributed by atoms with E-state index in [1.165, 1.54) is 31.2 Å². The minimum atomic E-state index is 0.590. The van der Waals surface area contributed by atoms with E-state index >= 15 is 0 Å². The summed E-state index contributed by atoms with van der Waals surface area (Å²) in [7, 11) is 1.76. The Labute approximate surface area is 111 Å². The zero-order valence-electron chi connectivity index (χ0n) is 11.6. The van der Waals surface area contributed by atoms with Gasteiger partial charge < -0.3 is 10.1 Å². The van der Waals surface area contributed by atoms with Gasteiger partial charge in [-0.2, -0.15) is 0 Å². The summed E-state index contributed by atoms with van der Waals surface area (Å²) in [6, 6.07) is 8.96. The highest BCUT2D eigenvalue weighted by Crippen LogP contribution is 2.34. The van der Waals surface area contributed by atoms with Crippen LogP contribution in [0.5, 0.6) is 5.75 Å². The average molecular weight is 247 g/mol. The van der Waals surface area contributed by atoms with Crippen LogP contribution < -0.4 is 10.1 Å². The van der Waals surface area contributed by atoms with Crippen LogP contribution in [-0.2, 0) is 6.42 Å². The van der Waals surface area contributed by atoms with E-state index in [0.29, 0.717) is 6.04 Å². The molecule has 1 atom stereocenters. The lowest BCUT2D eigenvalue weighted by molar-refractivity contribution is 0.401. The van der Waals surface area contributed by atoms with E-state index in [1.54, 1.807) is 7.11 Å². The molecular formula is C16H25NO.